The smallest absolute Gasteiger partial charge is 0.330 e. The third-order valence-corrected chi connectivity index (χ3v) is 4.59. The molecule has 0 saturated carbocycles. The third kappa shape index (κ3) is 4.23. The lowest BCUT2D eigenvalue weighted by molar-refractivity contribution is 0.0584. The summed E-state index contributed by atoms with van der Waals surface area (Å²) in [5.41, 5.74) is 1.84. The topological polar surface area (TPSA) is 64.1 Å². The number of benzene rings is 2. The van der Waals surface area contributed by atoms with E-state index in [2.05, 4.69) is 4.98 Å². The molecule has 1 heterocycles. The number of rotatable bonds is 6. The Balaban J connectivity index is 1.93. The van der Waals surface area contributed by atoms with Crippen LogP contribution in [0, 0.1) is 12.7 Å². The lowest BCUT2D eigenvalue weighted by Gasteiger charge is -2.20. The van der Waals surface area contributed by atoms with Crippen molar-refractivity contribution in [3.8, 4) is 0 Å². The van der Waals surface area contributed by atoms with Gasteiger partial charge in [0.05, 0.1) is 6.61 Å². The summed E-state index contributed by atoms with van der Waals surface area (Å²) in [6, 6.07) is 15.6. The van der Waals surface area contributed by atoms with Gasteiger partial charge in [-0.25, -0.2) is 9.18 Å². The SMILES string of the molecule is Cc1c(C(C)c2ccc(F)cc2)n(COCc2ccccc2)c(=O)[nH]c1=O. The fourth-order valence-corrected chi connectivity index (χ4v) is 3.11. The summed E-state index contributed by atoms with van der Waals surface area (Å²) in [4.78, 5) is 26.9. The predicted molar refractivity (Wildman–Crippen MR) is 101 cm³/mol. The van der Waals surface area contributed by atoms with Gasteiger partial charge in [-0.15, -0.1) is 0 Å². The van der Waals surface area contributed by atoms with E-state index < -0.39 is 11.2 Å². The molecule has 27 heavy (non-hydrogen) atoms. The fraction of sp³-hybridized carbons (Fsp3) is 0.238. The zero-order valence-corrected chi connectivity index (χ0v) is 15.2. The first-order valence-electron chi connectivity index (χ1n) is 8.68. The standard InChI is InChI=1S/C21H21FN2O3/c1-14(17-8-10-18(22)11-9-17)19-15(2)20(25)23-21(26)24(19)13-27-12-16-6-4-3-5-7-16/h3-11,14H,12-13H2,1-2H3,(H,23,25,26). The molecule has 1 atom stereocenters. The van der Waals surface area contributed by atoms with Crippen LogP contribution in [0.25, 0.3) is 0 Å². The van der Waals surface area contributed by atoms with Crippen molar-refractivity contribution >= 4 is 0 Å². The van der Waals surface area contributed by atoms with Gasteiger partial charge in [0.1, 0.15) is 12.5 Å². The van der Waals surface area contributed by atoms with Crippen LogP contribution in [-0.4, -0.2) is 9.55 Å². The molecule has 140 valence electrons. The van der Waals surface area contributed by atoms with Crippen molar-refractivity contribution in [2.45, 2.75) is 33.1 Å². The van der Waals surface area contributed by atoms with Gasteiger partial charge in [0.2, 0.25) is 0 Å². The zero-order valence-electron chi connectivity index (χ0n) is 15.2. The van der Waals surface area contributed by atoms with Crippen molar-refractivity contribution in [2.24, 2.45) is 0 Å². The molecule has 1 unspecified atom stereocenters. The van der Waals surface area contributed by atoms with Crippen molar-refractivity contribution in [1.82, 2.24) is 9.55 Å². The molecule has 0 aliphatic heterocycles. The van der Waals surface area contributed by atoms with E-state index in [1.807, 2.05) is 37.3 Å². The van der Waals surface area contributed by atoms with E-state index in [-0.39, 0.29) is 18.5 Å². The maximum absolute atomic E-state index is 13.2. The number of halogens is 1. The molecule has 0 bridgehead atoms. The van der Waals surface area contributed by atoms with Crippen LogP contribution in [0.1, 0.15) is 35.2 Å². The normalized spacial score (nSPS) is 12.1. The monoisotopic (exact) mass is 368 g/mol. The first-order chi connectivity index (χ1) is 13.0. The maximum atomic E-state index is 13.2. The maximum Gasteiger partial charge on any atom is 0.330 e. The molecule has 5 nitrogen and oxygen atoms in total. The number of ether oxygens (including phenoxy) is 1. The second kappa shape index (κ2) is 8.14. The van der Waals surface area contributed by atoms with Crippen LogP contribution in [-0.2, 0) is 18.1 Å². The highest BCUT2D eigenvalue weighted by molar-refractivity contribution is 5.31. The molecule has 0 spiro atoms. The van der Waals surface area contributed by atoms with Gasteiger partial charge < -0.3 is 4.74 Å². The highest BCUT2D eigenvalue weighted by Crippen LogP contribution is 2.25. The fourth-order valence-electron chi connectivity index (χ4n) is 3.11. The quantitative estimate of drug-likeness (QED) is 0.726. The van der Waals surface area contributed by atoms with E-state index in [4.69, 9.17) is 4.74 Å². The molecule has 0 radical (unpaired) electrons. The van der Waals surface area contributed by atoms with Gasteiger partial charge in [0.25, 0.3) is 5.56 Å². The highest BCUT2D eigenvalue weighted by Gasteiger charge is 2.19. The minimum absolute atomic E-state index is 0.00617. The summed E-state index contributed by atoms with van der Waals surface area (Å²) in [5.74, 6) is -0.613. The lowest BCUT2D eigenvalue weighted by Crippen LogP contribution is -2.36. The van der Waals surface area contributed by atoms with Gasteiger partial charge >= 0.3 is 5.69 Å². The van der Waals surface area contributed by atoms with E-state index in [0.29, 0.717) is 17.9 Å². The summed E-state index contributed by atoms with van der Waals surface area (Å²) in [7, 11) is 0. The third-order valence-electron chi connectivity index (χ3n) is 4.59. The van der Waals surface area contributed by atoms with E-state index in [1.165, 1.54) is 16.7 Å². The Hall–Kier alpha value is -2.99. The summed E-state index contributed by atoms with van der Waals surface area (Å²) >= 11 is 0. The number of hydrogen-bond donors (Lipinski definition) is 1. The summed E-state index contributed by atoms with van der Waals surface area (Å²) < 4.78 is 20.4. The van der Waals surface area contributed by atoms with Crippen molar-refractivity contribution in [2.75, 3.05) is 0 Å². The Morgan fingerprint density at radius 1 is 1.07 bits per heavy atom. The molecule has 1 N–H and O–H groups in total. The first-order valence-corrected chi connectivity index (χ1v) is 8.68. The molecule has 0 amide bonds. The largest absolute Gasteiger partial charge is 0.356 e. The van der Waals surface area contributed by atoms with Gasteiger partial charge in [0, 0.05) is 17.2 Å². The van der Waals surface area contributed by atoms with Crippen LogP contribution in [0.2, 0.25) is 0 Å². The number of aromatic amines is 1. The molecule has 0 aliphatic carbocycles. The summed E-state index contributed by atoms with van der Waals surface area (Å²) in [6.07, 6.45) is 0. The summed E-state index contributed by atoms with van der Waals surface area (Å²) in [5, 5.41) is 0. The van der Waals surface area contributed by atoms with Crippen LogP contribution in [0.5, 0.6) is 0 Å². The Morgan fingerprint density at radius 3 is 2.41 bits per heavy atom. The minimum Gasteiger partial charge on any atom is -0.356 e. The van der Waals surface area contributed by atoms with E-state index in [0.717, 1.165) is 11.1 Å². The van der Waals surface area contributed by atoms with Gasteiger partial charge in [-0.05, 0) is 30.2 Å². The molecular weight excluding hydrogens is 347 g/mol. The Morgan fingerprint density at radius 2 is 1.74 bits per heavy atom. The zero-order chi connectivity index (χ0) is 19.4. The van der Waals surface area contributed by atoms with Crippen LogP contribution >= 0.6 is 0 Å². The second-order valence-corrected chi connectivity index (χ2v) is 6.43. The lowest BCUT2D eigenvalue weighted by atomic mass is 9.94. The Kier molecular flexibility index (Phi) is 5.66. The van der Waals surface area contributed by atoms with Crippen LogP contribution < -0.4 is 11.2 Å². The molecule has 0 aliphatic rings. The van der Waals surface area contributed by atoms with E-state index in [9.17, 15) is 14.0 Å². The molecule has 1 aromatic heterocycles. The molecule has 3 rings (SSSR count). The Labute approximate surface area is 156 Å². The molecule has 3 aromatic rings. The van der Waals surface area contributed by atoms with Gasteiger partial charge in [0.15, 0.2) is 0 Å². The van der Waals surface area contributed by atoms with E-state index in [1.54, 1.807) is 19.1 Å². The van der Waals surface area contributed by atoms with Crippen LogP contribution in [0.15, 0.2) is 64.2 Å². The number of nitrogens with one attached hydrogen (secondary N) is 1. The number of aromatic nitrogens is 2. The molecular formula is C21H21FN2O3. The number of hydrogen-bond acceptors (Lipinski definition) is 3. The predicted octanol–water partition coefficient (Wildman–Crippen LogP) is 3.31. The summed E-state index contributed by atoms with van der Waals surface area (Å²) in [6.45, 7) is 3.89. The van der Waals surface area contributed by atoms with Crippen molar-refractivity contribution in [1.29, 1.82) is 0 Å². The van der Waals surface area contributed by atoms with Crippen molar-refractivity contribution in [3.05, 3.63) is 104 Å². The number of H-pyrrole nitrogens is 1. The molecule has 6 heteroatoms. The molecule has 0 fully saturated rings. The van der Waals surface area contributed by atoms with Gasteiger partial charge in [-0.2, -0.15) is 0 Å². The van der Waals surface area contributed by atoms with Crippen LogP contribution in [0.3, 0.4) is 0 Å². The Bertz CT molecular complexity index is 1020. The minimum atomic E-state index is -0.525. The highest BCUT2D eigenvalue weighted by atomic mass is 19.1. The number of nitrogens with zero attached hydrogens (tertiary/aromatic N) is 1. The van der Waals surface area contributed by atoms with Crippen LogP contribution in [0.4, 0.5) is 4.39 Å². The first kappa shape index (κ1) is 18.8. The average Bonchev–Trinajstić information content (AvgIpc) is 2.67. The van der Waals surface area contributed by atoms with Gasteiger partial charge in [-0.3, -0.25) is 14.3 Å². The second-order valence-electron chi connectivity index (χ2n) is 6.43. The van der Waals surface area contributed by atoms with Gasteiger partial charge in [-0.1, -0.05) is 49.4 Å². The van der Waals surface area contributed by atoms with E-state index >= 15 is 0 Å². The van der Waals surface area contributed by atoms with Crippen molar-refractivity contribution < 1.29 is 9.13 Å². The average molecular weight is 368 g/mol. The van der Waals surface area contributed by atoms with Crippen molar-refractivity contribution in [3.63, 3.8) is 0 Å². The molecule has 2 aromatic carbocycles. The molecule has 0 saturated heterocycles.